The predicted molar refractivity (Wildman–Crippen MR) is 129 cm³/mol. The van der Waals surface area contributed by atoms with Gasteiger partial charge in [0.15, 0.2) is 0 Å². The molecule has 0 aliphatic heterocycles. The van der Waals surface area contributed by atoms with Crippen molar-refractivity contribution in [2.45, 2.75) is 90.5 Å². The molecular formula is C23H36BF6NNiOP. The summed E-state index contributed by atoms with van der Waals surface area (Å²) in [5.41, 5.74) is -3.62. The molecule has 0 spiro atoms. The van der Waals surface area contributed by atoms with Gasteiger partial charge < -0.3 is 12.1 Å². The maximum absolute atomic E-state index is 13.2. The molecular weight excluding hydrogens is 521 g/mol. The van der Waals surface area contributed by atoms with Gasteiger partial charge in [-0.1, -0.05) is 12.1 Å². The summed E-state index contributed by atoms with van der Waals surface area (Å²) in [6, 6.07) is 1.38. The van der Waals surface area contributed by atoms with E-state index >= 15 is 0 Å². The molecule has 2 nitrogen and oxygen atoms in total. The topological polar surface area (TPSA) is 21.6 Å². The molecule has 0 heterocycles. The molecule has 1 aromatic carbocycles. The van der Waals surface area contributed by atoms with E-state index in [1.165, 1.54) is 0 Å². The van der Waals surface area contributed by atoms with Crippen LogP contribution in [0.3, 0.4) is 0 Å². The summed E-state index contributed by atoms with van der Waals surface area (Å²) in [5.74, 6) is 0.308. The van der Waals surface area contributed by atoms with Crippen molar-refractivity contribution in [2.75, 3.05) is 6.16 Å². The van der Waals surface area contributed by atoms with E-state index in [4.69, 9.17) is 4.65 Å². The van der Waals surface area contributed by atoms with E-state index < -0.39 is 36.9 Å². The zero-order chi connectivity index (χ0) is 25.3. The number of halogens is 6. The number of hydrogen-bond donors (Lipinski definition) is 0. The van der Waals surface area contributed by atoms with E-state index in [1.54, 1.807) is 0 Å². The third-order valence-corrected chi connectivity index (χ3v) is 8.82. The van der Waals surface area contributed by atoms with Crippen molar-refractivity contribution in [3.05, 3.63) is 36.8 Å². The minimum absolute atomic E-state index is 0. The van der Waals surface area contributed by atoms with Gasteiger partial charge in [-0.15, -0.1) is 0 Å². The first-order chi connectivity index (χ1) is 14.0. The smallest absolute Gasteiger partial charge is 0.416 e. The van der Waals surface area contributed by atoms with Crippen molar-refractivity contribution in [2.24, 2.45) is 4.99 Å². The van der Waals surface area contributed by atoms with Gasteiger partial charge in [-0.05, 0) is 73.8 Å². The van der Waals surface area contributed by atoms with Crippen molar-refractivity contribution in [1.29, 1.82) is 0 Å². The van der Waals surface area contributed by atoms with Crippen LogP contribution in [0, 0.1) is 7.43 Å². The van der Waals surface area contributed by atoms with Gasteiger partial charge >= 0.3 is 19.8 Å². The van der Waals surface area contributed by atoms with Crippen LogP contribution in [0.1, 0.15) is 73.4 Å². The van der Waals surface area contributed by atoms with Crippen molar-refractivity contribution in [3.8, 4) is 0 Å². The molecule has 0 unspecified atom stereocenters. The zero-order valence-corrected chi connectivity index (χ0v) is 23.4. The van der Waals surface area contributed by atoms with Gasteiger partial charge in [0.1, 0.15) is 6.16 Å². The van der Waals surface area contributed by atoms with Crippen LogP contribution < -0.4 is 5.46 Å². The molecule has 1 radical (unpaired) electrons. The number of hydrogen-bond acceptors (Lipinski definition) is 2. The molecule has 0 amide bonds. The Bertz CT molecular complexity index is 775. The second-order valence-electron chi connectivity index (χ2n) is 10.9. The van der Waals surface area contributed by atoms with Crippen molar-refractivity contribution >= 4 is 26.8 Å². The molecule has 11 heteroatoms. The Morgan fingerprint density at radius 2 is 1.18 bits per heavy atom. The van der Waals surface area contributed by atoms with E-state index in [-0.39, 0.29) is 45.8 Å². The summed E-state index contributed by atoms with van der Waals surface area (Å²) < 4.78 is 84.6. The number of nitrogens with zero attached hydrogens (tertiary/aromatic N) is 1. The first-order valence-corrected chi connectivity index (χ1v) is 12.0. The van der Waals surface area contributed by atoms with Crippen LogP contribution in [0.25, 0.3) is 0 Å². The third kappa shape index (κ3) is 11.8. The van der Waals surface area contributed by atoms with Gasteiger partial charge in [-0.3, -0.25) is 0 Å². The monoisotopic (exact) mass is 556 g/mol. The molecule has 0 saturated carbocycles. The number of rotatable bonds is 4. The molecule has 1 rings (SSSR count). The van der Waals surface area contributed by atoms with Crippen LogP contribution in [-0.2, 0) is 33.5 Å². The summed E-state index contributed by atoms with van der Waals surface area (Å²) >= 11 is 0. The minimum atomic E-state index is -4.92. The van der Waals surface area contributed by atoms with E-state index in [0.717, 1.165) is 7.48 Å². The molecule has 0 aliphatic carbocycles. The fourth-order valence-corrected chi connectivity index (χ4v) is 7.25. The molecule has 0 atom stereocenters. The average Bonchev–Trinajstić information content (AvgIpc) is 2.52. The molecule has 199 valence electrons. The van der Waals surface area contributed by atoms with Gasteiger partial charge in [0, 0.05) is 24.4 Å². The summed E-state index contributed by atoms with van der Waals surface area (Å²) in [7, 11) is -0.217. The van der Waals surface area contributed by atoms with Crippen molar-refractivity contribution < 1.29 is 47.5 Å². The molecule has 0 bridgehead atoms. The van der Waals surface area contributed by atoms with Crippen LogP contribution in [0.4, 0.5) is 26.3 Å². The fraction of sp³-hybridized carbons (Fsp3) is 0.652. The normalized spacial score (nSPS) is 13.8. The zero-order valence-electron chi connectivity index (χ0n) is 21.5. The molecule has 34 heavy (non-hydrogen) atoms. The van der Waals surface area contributed by atoms with Crippen LogP contribution >= 0.6 is 7.92 Å². The molecule has 0 aromatic heterocycles. The second kappa shape index (κ2) is 12.0. The van der Waals surface area contributed by atoms with Gasteiger partial charge in [0.2, 0.25) is 5.90 Å². The van der Waals surface area contributed by atoms with Gasteiger partial charge in [-0.25, -0.2) is 4.99 Å². The molecule has 0 fully saturated rings. The van der Waals surface area contributed by atoms with Crippen LogP contribution in [0.5, 0.6) is 0 Å². The van der Waals surface area contributed by atoms with E-state index in [1.807, 2.05) is 20.8 Å². The Hall–Kier alpha value is -0.742. The van der Waals surface area contributed by atoms with Crippen LogP contribution in [-0.4, -0.2) is 35.4 Å². The molecule has 0 N–H and O–H groups in total. The van der Waals surface area contributed by atoms with Gasteiger partial charge in [0.25, 0.3) is 0 Å². The van der Waals surface area contributed by atoms with Crippen LogP contribution in [0.15, 0.2) is 23.2 Å². The fourth-order valence-electron chi connectivity index (χ4n) is 3.47. The van der Waals surface area contributed by atoms with E-state index in [2.05, 4.69) is 46.5 Å². The van der Waals surface area contributed by atoms with E-state index in [0.29, 0.717) is 24.2 Å². The summed E-state index contributed by atoms with van der Waals surface area (Å²) in [6.45, 7) is 18.3. The van der Waals surface area contributed by atoms with E-state index in [9.17, 15) is 26.3 Å². The average molecular weight is 557 g/mol. The summed E-state index contributed by atoms with van der Waals surface area (Å²) in [4.78, 5) is 4.58. The first-order valence-electron chi connectivity index (χ1n) is 10.2. The standard InChI is InChI=1S/C22H32BF6NOP.CH3.Ni/c1-18(2,3)30-17(13-32(19(4,5)6)20(7,8)9)31-23-16-11-14(21(24,25)26)10-15(12-16)22(27,28)29;;/h10-12H,13H2,1-9H3;1H3;/q;-1;/p+1. The Morgan fingerprint density at radius 1 is 0.794 bits per heavy atom. The second-order valence-corrected chi connectivity index (χ2v) is 15.2. The molecule has 1 aromatic rings. The predicted octanol–water partition coefficient (Wildman–Crippen LogP) is 7.44. The molecule has 0 saturated heterocycles. The van der Waals surface area contributed by atoms with Gasteiger partial charge in [0.05, 0.1) is 27.0 Å². The number of benzene rings is 1. The quantitative estimate of drug-likeness (QED) is 0.0943. The Morgan fingerprint density at radius 3 is 1.47 bits per heavy atom. The number of alkyl halides is 6. The molecule has 0 aliphatic rings. The van der Waals surface area contributed by atoms with Crippen LogP contribution in [0.2, 0.25) is 0 Å². The first kappa shape index (κ1) is 35.4. The van der Waals surface area contributed by atoms with Crippen molar-refractivity contribution in [1.82, 2.24) is 0 Å². The summed E-state index contributed by atoms with van der Waals surface area (Å²) in [5, 5.41) is -0.0742. The Kier molecular flexibility index (Phi) is 12.5. The van der Waals surface area contributed by atoms with Gasteiger partial charge in [-0.2, -0.15) is 26.3 Å². The maximum Gasteiger partial charge on any atom is 0.416 e. The minimum Gasteiger partial charge on any atom is -0.545 e. The Balaban J connectivity index is 0. The third-order valence-electron chi connectivity index (χ3n) is 4.54. The summed E-state index contributed by atoms with van der Waals surface area (Å²) in [6.07, 6.45) is -9.35. The Labute approximate surface area is 212 Å². The largest absolute Gasteiger partial charge is 0.545 e. The SMILES string of the molecule is CC(C)(C)N=C(C[PH+](C(C)(C)C)C(C)(C)C)O[B]c1cc(C(F)(F)F)cc(C(F)(F)F)c1.[CH3-].[Ni]. The maximum atomic E-state index is 13.2. The van der Waals surface area contributed by atoms with Crippen molar-refractivity contribution in [3.63, 3.8) is 0 Å². The number of aliphatic imine (C=N–C) groups is 1.